The normalized spacial score (nSPS) is 27.1. The van der Waals surface area contributed by atoms with Crippen LogP contribution < -0.4 is 4.90 Å². The first kappa shape index (κ1) is 17.9. The molecule has 2 fully saturated rings. The van der Waals surface area contributed by atoms with Crippen LogP contribution in [0.15, 0.2) is 18.3 Å². The van der Waals surface area contributed by atoms with Crippen molar-refractivity contribution in [3.8, 4) is 0 Å². The molecule has 2 aromatic rings. The van der Waals surface area contributed by atoms with Gasteiger partial charge in [-0.3, -0.25) is 4.98 Å². The molecule has 2 atom stereocenters. The lowest BCUT2D eigenvalue weighted by atomic mass is 9.65. The Morgan fingerprint density at radius 1 is 1.27 bits per heavy atom. The van der Waals surface area contributed by atoms with Crippen LogP contribution in [0.5, 0.6) is 0 Å². The second-order valence-electron chi connectivity index (χ2n) is 8.92. The SMILES string of the molecule is CC1(C)C[C@H]2C[C@](C)(CN2c2c(C(=O)O)cnc3c(Cl)c(Cl)ccc23)C1. The number of hydrogen-bond acceptors (Lipinski definition) is 3. The van der Waals surface area contributed by atoms with Gasteiger partial charge in [-0.05, 0) is 42.2 Å². The lowest BCUT2D eigenvalue weighted by Crippen LogP contribution is -2.35. The zero-order valence-corrected chi connectivity index (χ0v) is 16.7. The Kier molecular flexibility index (Phi) is 3.94. The molecule has 2 heterocycles. The van der Waals surface area contributed by atoms with Gasteiger partial charge in [-0.25, -0.2) is 4.79 Å². The number of pyridine rings is 1. The monoisotopic (exact) mass is 392 g/mol. The van der Waals surface area contributed by atoms with Gasteiger partial charge in [0, 0.05) is 24.2 Å². The summed E-state index contributed by atoms with van der Waals surface area (Å²) in [6, 6.07) is 3.88. The Morgan fingerprint density at radius 2 is 2.00 bits per heavy atom. The molecular weight excluding hydrogens is 371 g/mol. The summed E-state index contributed by atoms with van der Waals surface area (Å²) in [7, 11) is 0. The number of carboxylic acids is 1. The van der Waals surface area contributed by atoms with Crippen molar-refractivity contribution in [2.75, 3.05) is 11.4 Å². The highest BCUT2D eigenvalue weighted by molar-refractivity contribution is 6.45. The van der Waals surface area contributed by atoms with Crippen LogP contribution in [0.1, 0.15) is 50.4 Å². The molecule has 1 saturated carbocycles. The second kappa shape index (κ2) is 5.74. The zero-order chi connectivity index (χ0) is 18.9. The van der Waals surface area contributed by atoms with Gasteiger partial charge >= 0.3 is 5.97 Å². The molecule has 4 rings (SSSR count). The third-order valence-corrected chi connectivity index (χ3v) is 6.63. The highest BCUT2D eigenvalue weighted by Gasteiger charge is 2.50. The molecule has 26 heavy (non-hydrogen) atoms. The van der Waals surface area contributed by atoms with Gasteiger partial charge in [0.25, 0.3) is 0 Å². The van der Waals surface area contributed by atoms with Crippen LogP contribution in [0.25, 0.3) is 10.9 Å². The van der Waals surface area contributed by atoms with E-state index in [1.165, 1.54) is 6.20 Å². The summed E-state index contributed by atoms with van der Waals surface area (Å²) in [5, 5.41) is 11.3. The molecule has 1 aromatic carbocycles. The van der Waals surface area contributed by atoms with Gasteiger partial charge in [-0.2, -0.15) is 0 Å². The first-order chi connectivity index (χ1) is 12.1. The number of aromatic nitrogens is 1. The maximum absolute atomic E-state index is 11.9. The summed E-state index contributed by atoms with van der Waals surface area (Å²) < 4.78 is 0. The number of fused-ring (bicyclic) bond motifs is 3. The van der Waals surface area contributed by atoms with E-state index >= 15 is 0 Å². The van der Waals surface area contributed by atoms with E-state index in [1.807, 2.05) is 6.07 Å². The van der Waals surface area contributed by atoms with Gasteiger partial charge in [0.2, 0.25) is 0 Å². The third-order valence-electron chi connectivity index (χ3n) is 5.83. The number of anilines is 1. The fourth-order valence-electron chi connectivity index (χ4n) is 5.38. The summed E-state index contributed by atoms with van der Waals surface area (Å²) in [5.41, 5.74) is 1.95. The van der Waals surface area contributed by atoms with E-state index in [2.05, 4.69) is 30.7 Å². The molecule has 0 radical (unpaired) electrons. The first-order valence-electron chi connectivity index (χ1n) is 8.87. The van der Waals surface area contributed by atoms with Crippen molar-refractivity contribution in [3.05, 3.63) is 33.9 Å². The van der Waals surface area contributed by atoms with Gasteiger partial charge < -0.3 is 10.0 Å². The Morgan fingerprint density at radius 3 is 2.69 bits per heavy atom. The van der Waals surface area contributed by atoms with Crippen LogP contribution in [-0.4, -0.2) is 28.6 Å². The number of halogens is 2. The molecule has 1 aromatic heterocycles. The Bertz CT molecular complexity index is 928. The molecule has 138 valence electrons. The summed E-state index contributed by atoms with van der Waals surface area (Å²) in [6.07, 6.45) is 4.69. The number of nitrogens with zero attached hydrogens (tertiary/aromatic N) is 2. The van der Waals surface area contributed by atoms with Gasteiger partial charge in [-0.1, -0.05) is 44.0 Å². The summed E-state index contributed by atoms with van der Waals surface area (Å²) in [5.74, 6) is -0.966. The first-order valence-corrected chi connectivity index (χ1v) is 9.63. The predicted octanol–water partition coefficient (Wildman–Crippen LogP) is 5.64. The minimum atomic E-state index is -0.966. The van der Waals surface area contributed by atoms with Gasteiger partial charge in [0.1, 0.15) is 5.56 Å². The van der Waals surface area contributed by atoms with Crippen LogP contribution in [0.2, 0.25) is 10.0 Å². The Balaban J connectivity index is 1.95. The minimum absolute atomic E-state index is 0.188. The number of aromatic carboxylic acids is 1. The Labute approximate surface area is 163 Å². The summed E-state index contributed by atoms with van der Waals surface area (Å²) >= 11 is 12.5. The molecule has 2 bridgehead atoms. The van der Waals surface area contributed by atoms with Gasteiger partial charge in [0.15, 0.2) is 0 Å². The molecule has 2 aliphatic rings. The molecular formula is C20H22Cl2N2O2. The van der Waals surface area contributed by atoms with Gasteiger partial charge in [-0.15, -0.1) is 0 Å². The fraction of sp³-hybridized carbons (Fsp3) is 0.500. The standard InChI is InChI=1S/C20H22Cl2N2O2/c1-19(2)6-11-7-20(3,9-19)10-24(11)17-12-4-5-14(21)15(22)16(12)23-8-13(17)18(25)26/h4-5,8,11H,6-7,9-10H2,1-3H3,(H,25,26)/t11-,20-/m0/s1. The van der Waals surface area contributed by atoms with Crippen LogP contribution in [0.4, 0.5) is 5.69 Å². The minimum Gasteiger partial charge on any atom is -0.478 e. The molecule has 1 N–H and O–H groups in total. The summed E-state index contributed by atoms with van der Waals surface area (Å²) in [4.78, 5) is 18.5. The summed E-state index contributed by atoms with van der Waals surface area (Å²) in [6.45, 7) is 7.77. The van der Waals surface area contributed by atoms with E-state index in [9.17, 15) is 9.90 Å². The van der Waals surface area contributed by atoms with Crippen molar-refractivity contribution in [1.29, 1.82) is 0 Å². The van der Waals surface area contributed by atoms with Crippen molar-refractivity contribution in [1.82, 2.24) is 4.98 Å². The molecule has 4 nitrogen and oxygen atoms in total. The van der Waals surface area contributed by atoms with Crippen molar-refractivity contribution >= 4 is 45.8 Å². The molecule has 0 unspecified atom stereocenters. The molecule has 1 aliphatic carbocycles. The Hall–Kier alpha value is -1.52. The molecule has 1 saturated heterocycles. The van der Waals surface area contributed by atoms with Crippen LogP contribution in [0.3, 0.4) is 0 Å². The largest absolute Gasteiger partial charge is 0.478 e. The van der Waals surface area contributed by atoms with E-state index in [1.54, 1.807) is 6.07 Å². The lowest BCUT2D eigenvalue weighted by molar-refractivity contribution is 0.0697. The van der Waals surface area contributed by atoms with Gasteiger partial charge in [0.05, 0.1) is 21.2 Å². The highest BCUT2D eigenvalue weighted by atomic mass is 35.5. The third kappa shape index (κ3) is 2.74. The second-order valence-corrected chi connectivity index (χ2v) is 9.71. The average molecular weight is 393 g/mol. The number of rotatable bonds is 2. The van der Waals surface area contributed by atoms with E-state index in [0.717, 1.165) is 36.9 Å². The zero-order valence-electron chi connectivity index (χ0n) is 15.1. The fourth-order valence-corrected chi connectivity index (χ4v) is 5.75. The molecule has 1 aliphatic heterocycles. The number of benzene rings is 1. The molecule has 0 amide bonds. The van der Waals surface area contributed by atoms with Crippen molar-refractivity contribution in [2.45, 2.75) is 46.1 Å². The molecule has 6 heteroatoms. The van der Waals surface area contributed by atoms with Crippen molar-refractivity contribution in [3.63, 3.8) is 0 Å². The van der Waals surface area contributed by atoms with Crippen LogP contribution >= 0.6 is 23.2 Å². The van der Waals surface area contributed by atoms with Crippen molar-refractivity contribution in [2.24, 2.45) is 10.8 Å². The van der Waals surface area contributed by atoms with Crippen LogP contribution in [0, 0.1) is 10.8 Å². The van der Waals surface area contributed by atoms with E-state index in [-0.39, 0.29) is 16.4 Å². The van der Waals surface area contributed by atoms with Crippen LogP contribution in [-0.2, 0) is 0 Å². The maximum Gasteiger partial charge on any atom is 0.339 e. The smallest absolute Gasteiger partial charge is 0.339 e. The average Bonchev–Trinajstić information content (AvgIpc) is 2.78. The predicted molar refractivity (Wildman–Crippen MR) is 106 cm³/mol. The van der Waals surface area contributed by atoms with E-state index < -0.39 is 5.97 Å². The number of hydrogen-bond donors (Lipinski definition) is 1. The quantitative estimate of drug-likeness (QED) is 0.717. The maximum atomic E-state index is 11.9. The highest BCUT2D eigenvalue weighted by Crippen LogP contribution is 2.54. The van der Waals surface area contributed by atoms with Crippen molar-refractivity contribution < 1.29 is 9.90 Å². The lowest BCUT2D eigenvalue weighted by Gasteiger charge is -2.39. The number of carbonyl (C=O) groups is 1. The van der Waals surface area contributed by atoms with E-state index in [0.29, 0.717) is 21.6 Å². The number of carboxylic acid groups (broad SMARTS) is 1. The topological polar surface area (TPSA) is 53.4 Å². The molecule has 0 spiro atoms. The van der Waals surface area contributed by atoms with E-state index in [4.69, 9.17) is 23.2 Å².